The first kappa shape index (κ1) is 9.41. The maximum atomic E-state index is 2.30. The van der Waals surface area contributed by atoms with E-state index >= 15 is 0 Å². The molecule has 0 saturated heterocycles. The number of benzene rings is 3. The molecule has 0 heterocycles. The second-order valence-corrected chi connectivity index (χ2v) is 5.20. The van der Waals surface area contributed by atoms with Crippen LogP contribution in [0.25, 0.3) is 21.5 Å². The zero-order valence-corrected chi connectivity index (χ0v) is 10.7. The van der Waals surface area contributed by atoms with Crippen molar-refractivity contribution in [3.05, 3.63) is 54.6 Å². The van der Waals surface area contributed by atoms with Gasteiger partial charge in [0.25, 0.3) is 0 Å². The van der Waals surface area contributed by atoms with Crippen LogP contribution in [0.2, 0.25) is 0 Å². The zero-order valence-electron chi connectivity index (χ0n) is 8.70. The van der Waals surface area contributed by atoms with Gasteiger partial charge < -0.3 is 0 Å². The first-order chi connectivity index (χ1) is 7.33. The fraction of sp³-hybridized carbons (Fsp3) is 0. The summed E-state index contributed by atoms with van der Waals surface area (Å²) < 4.78 is 1.46. The van der Waals surface area contributed by atoms with Gasteiger partial charge in [0.05, 0.1) is 0 Å². The van der Waals surface area contributed by atoms with Crippen molar-refractivity contribution < 1.29 is 0 Å². The topological polar surface area (TPSA) is 0 Å². The third-order valence-electron chi connectivity index (χ3n) is 2.86. The Morgan fingerprint density at radius 1 is 0.600 bits per heavy atom. The minimum absolute atomic E-state index is 1.12. The third-order valence-corrected chi connectivity index (χ3v) is 3.48. The SMILES string of the molecule is [Na][c]1ccc2cc3ccccc3cc2c1. The number of fused-ring (bicyclic) bond motifs is 2. The van der Waals surface area contributed by atoms with Crippen LogP contribution in [0.5, 0.6) is 0 Å². The molecule has 0 aliphatic rings. The molecule has 0 bridgehead atoms. The van der Waals surface area contributed by atoms with E-state index in [1.165, 1.54) is 24.4 Å². The van der Waals surface area contributed by atoms with Crippen LogP contribution in [-0.4, -0.2) is 27.9 Å². The molecule has 66 valence electrons. The van der Waals surface area contributed by atoms with Crippen molar-refractivity contribution in [2.24, 2.45) is 0 Å². The van der Waals surface area contributed by atoms with Crippen LogP contribution in [0.15, 0.2) is 54.6 Å². The second-order valence-electron chi connectivity index (χ2n) is 4.05. The van der Waals surface area contributed by atoms with Crippen LogP contribution in [0.1, 0.15) is 0 Å². The third kappa shape index (κ3) is 1.69. The molecule has 3 rings (SSSR count). The first-order valence-corrected chi connectivity index (χ1v) is 6.22. The molecule has 0 fully saturated rings. The molecule has 0 atom stereocenters. The van der Waals surface area contributed by atoms with E-state index in [9.17, 15) is 0 Å². The van der Waals surface area contributed by atoms with Crippen molar-refractivity contribution in [2.45, 2.75) is 0 Å². The monoisotopic (exact) mass is 200 g/mol. The average molecular weight is 200 g/mol. The van der Waals surface area contributed by atoms with E-state index in [2.05, 4.69) is 54.6 Å². The molecule has 3 aromatic carbocycles. The van der Waals surface area contributed by atoms with Crippen molar-refractivity contribution in [3.8, 4) is 0 Å². The van der Waals surface area contributed by atoms with Crippen molar-refractivity contribution in [1.29, 1.82) is 0 Å². The molecule has 15 heavy (non-hydrogen) atoms. The van der Waals surface area contributed by atoms with E-state index in [-0.39, 0.29) is 0 Å². The van der Waals surface area contributed by atoms with Gasteiger partial charge in [0.15, 0.2) is 0 Å². The van der Waals surface area contributed by atoms with Gasteiger partial charge in [-0.2, -0.15) is 0 Å². The number of hydrogen-bond donors (Lipinski definition) is 0. The van der Waals surface area contributed by atoms with Crippen LogP contribution in [0, 0.1) is 0 Å². The van der Waals surface area contributed by atoms with Gasteiger partial charge in [-0.25, -0.2) is 0 Å². The van der Waals surface area contributed by atoms with E-state index in [0.717, 1.165) is 27.9 Å². The Bertz CT molecular complexity index is 641. The van der Waals surface area contributed by atoms with Gasteiger partial charge in [-0.05, 0) is 0 Å². The molecular weight excluding hydrogens is 191 g/mol. The maximum absolute atomic E-state index is 2.30. The molecule has 0 radical (unpaired) electrons. The van der Waals surface area contributed by atoms with E-state index in [4.69, 9.17) is 0 Å². The summed E-state index contributed by atoms with van der Waals surface area (Å²) in [6.45, 7) is 0. The van der Waals surface area contributed by atoms with Crippen molar-refractivity contribution in [2.75, 3.05) is 0 Å². The first-order valence-electron chi connectivity index (χ1n) is 5.22. The molecule has 1 heteroatoms. The summed E-state index contributed by atoms with van der Waals surface area (Å²) in [4.78, 5) is 0. The summed E-state index contributed by atoms with van der Waals surface area (Å²) in [6, 6.07) is 19.8. The molecule has 0 aliphatic heterocycles. The van der Waals surface area contributed by atoms with Gasteiger partial charge in [0.2, 0.25) is 0 Å². The van der Waals surface area contributed by atoms with Gasteiger partial charge in [0.1, 0.15) is 0 Å². The summed E-state index contributed by atoms with van der Waals surface area (Å²) in [7, 11) is 0. The molecule has 0 saturated carbocycles. The fourth-order valence-corrected chi connectivity index (χ4v) is 2.54. The van der Waals surface area contributed by atoms with E-state index < -0.39 is 0 Å². The average Bonchev–Trinajstić information content (AvgIpc) is 2.26. The molecule has 0 spiro atoms. The van der Waals surface area contributed by atoms with Gasteiger partial charge in [-0.1, -0.05) is 0 Å². The van der Waals surface area contributed by atoms with Gasteiger partial charge in [-0.15, -0.1) is 0 Å². The summed E-state index contributed by atoms with van der Waals surface area (Å²) >= 11 is 1.12. The van der Waals surface area contributed by atoms with Crippen LogP contribution in [-0.2, 0) is 0 Å². The van der Waals surface area contributed by atoms with E-state index in [1.54, 1.807) is 0 Å². The predicted molar refractivity (Wildman–Crippen MR) is 66.8 cm³/mol. The Morgan fingerprint density at radius 2 is 1.20 bits per heavy atom. The normalized spacial score (nSPS) is 11.1. The van der Waals surface area contributed by atoms with Crippen molar-refractivity contribution in [1.82, 2.24) is 0 Å². The molecule has 0 nitrogen and oxygen atoms in total. The van der Waals surface area contributed by atoms with Gasteiger partial charge >= 0.3 is 107 Å². The summed E-state index contributed by atoms with van der Waals surface area (Å²) in [5, 5.41) is 5.36. The standard InChI is InChI=1S/C14H9.Na/c1-2-6-12-10-14-8-4-3-7-13(14)9-11(12)5-1;/h1-3,5-10H;. The number of rotatable bonds is 0. The molecule has 0 amide bonds. The quantitative estimate of drug-likeness (QED) is 0.386. The Kier molecular flexibility index (Phi) is 2.28. The summed E-state index contributed by atoms with van der Waals surface area (Å²) in [6.07, 6.45) is 0. The van der Waals surface area contributed by atoms with Gasteiger partial charge in [0, 0.05) is 0 Å². The zero-order chi connectivity index (χ0) is 10.3. The fourth-order valence-electron chi connectivity index (χ4n) is 2.06. The van der Waals surface area contributed by atoms with E-state index in [0.29, 0.717) is 0 Å². The van der Waals surface area contributed by atoms with Crippen LogP contribution < -0.4 is 2.81 Å². The van der Waals surface area contributed by atoms with E-state index in [1.807, 2.05) is 0 Å². The predicted octanol–water partition coefficient (Wildman–Crippen LogP) is 2.79. The molecule has 0 unspecified atom stereocenters. The molecule has 3 aromatic rings. The Morgan fingerprint density at radius 3 is 1.93 bits per heavy atom. The molecule has 0 aromatic heterocycles. The Labute approximate surface area is 106 Å². The second kappa shape index (κ2) is 3.64. The van der Waals surface area contributed by atoms with Crippen LogP contribution in [0.3, 0.4) is 0 Å². The summed E-state index contributed by atoms with van der Waals surface area (Å²) in [5.74, 6) is 0. The molecular formula is C14H9Na. The molecule has 0 aliphatic carbocycles. The summed E-state index contributed by atoms with van der Waals surface area (Å²) in [5.41, 5.74) is 0. The van der Waals surface area contributed by atoms with Crippen molar-refractivity contribution in [3.63, 3.8) is 0 Å². The minimum atomic E-state index is 1.12. The van der Waals surface area contributed by atoms with Crippen LogP contribution >= 0.6 is 0 Å². The van der Waals surface area contributed by atoms with Crippen molar-refractivity contribution >= 4 is 52.3 Å². The Hall–Kier alpha value is -0.820. The van der Waals surface area contributed by atoms with Crippen LogP contribution in [0.4, 0.5) is 0 Å². The number of hydrogen-bond acceptors (Lipinski definition) is 0. The molecule has 0 N–H and O–H groups in total. The Balaban J connectivity index is 2.47. The van der Waals surface area contributed by atoms with Gasteiger partial charge in [-0.3, -0.25) is 0 Å².